The molecule has 6 heteroatoms. The average molecular weight is 289 g/mol. The SMILES string of the molecule is CC1CCC(C(=O)O)CN1C(=O)C1CCC(F)(F)CC1. The molecule has 0 spiro atoms. The summed E-state index contributed by atoms with van der Waals surface area (Å²) < 4.78 is 26.3. The number of halogens is 2. The largest absolute Gasteiger partial charge is 0.481 e. The highest BCUT2D eigenvalue weighted by atomic mass is 19.3. The summed E-state index contributed by atoms with van der Waals surface area (Å²) in [6.07, 6.45) is 1.15. The first kappa shape index (κ1) is 15.2. The van der Waals surface area contributed by atoms with E-state index in [-0.39, 0.29) is 50.1 Å². The van der Waals surface area contributed by atoms with Crippen LogP contribution in [0, 0.1) is 11.8 Å². The van der Waals surface area contributed by atoms with E-state index in [9.17, 15) is 18.4 Å². The van der Waals surface area contributed by atoms with Crippen molar-refractivity contribution in [3.8, 4) is 0 Å². The van der Waals surface area contributed by atoms with E-state index in [2.05, 4.69) is 0 Å². The number of carboxylic acids is 1. The average Bonchev–Trinajstić information content (AvgIpc) is 2.38. The number of amides is 1. The van der Waals surface area contributed by atoms with E-state index in [1.54, 1.807) is 4.90 Å². The molecule has 1 saturated heterocycles. The molecule has 0 aromatic heterocycles. The van der Waals surface area contributed by atoms with Gasteiger partial charge < -0.3 is 10.0 Å². The lowest BCUT2D eigenvalue weighted by atomic mass is 9.84. The van der Waals surface area contributed by atoms with Crippen LogP contribution in [0.15, 0.2) is 0 Å². The first-order valence-corrected chi connectivity index (χ1v) is 7.21. The summed E-state index contributed by atoms with van der Waals surface area (Å²) in [6.45, 7) is 2.11. The number of piperidine rings is 1. The number of carbonyl (C=O) groups excluding carboxylic acids is 1. The maximum atomic E-state index is 13.1. The molecule has 2 atom stereocenters. The molecule has 0 radical (unpaired) electrons. The van der Waals surface area contributed by atoms with Crippen LogP contribution in [0.1, 0.15) is 45.4 Å². The highest BCUT2D eigenvalue weighted by molar-refractivity contribution is 5.80. The van der Waals surface area contributed by atoms with Gasteiger partial charge in [0, 0.05) is 31.3 Å². The lowest BCUT2D eigenvalue weighted by molar-refractivity contribution is -0.150. The van der Waals surface area contributed by atoms with Gasteiger partial charge in [-0.2, -0.15) is 0 Å². The molecule has 4 nitrogen and oxygen atoms in total. The van der Waals surface area contributed by atoms with E-state index in [0.29, 0.717) is 12.8 Å². The molecule has 1 amide bonds. The van der Waals surface area contributed by atoms with Crippen LogP contribution in [0.3, 0.4) is 0 Å². The van der Waals surface area contributed by atoms with Crippen molar-refractivity contribution in [2.45, 2.75) is 57.4 Å². The van der Waals surface area contributed by atoms with Gasteiger partial charge in [-0.15, -0.1) is 0 Å². The van der Waals surface area contributed by atoms with Crippen LogP contribution in [-0.2, 0) is 9.59 Å². The number of carboxylic acid groups (broad SMARTS) is 1. The maximum absolute atomic E-state index is 13.1. The Morgan fingerprint density at radius 1 is 1.10 bits per heavy atom. The van der Waals surface area contributed by atoms with Crippen molar-refractivity contribution < 1.29 is 23.5 Å². The monoisotopic (exact) mass is 289 g/mol. The van der Waals surface area contributed by atoms with E-state index in [4.69, 9.17) is 5.11 Å². The van der Waals surface area contributed by atoms with Crippen LogP contribution in [0.4, 0.5) is 8.78 Å². The number of aliphatic carboxylic acids is 1. The van der Waals surface area contributed by atoms with Gasteiger partial charge in [-0.25, -0.2) is 8.78 Å². The molecule has 1 aliphatic heterocycles. The number of hydrogen-bond acceptors (Lipinski definition) is 2. The fourth-order valence-electron chi connectivity index (χ4n) is 3.14. The van der Waals surface area contributed by atoms with Crippen LogP contribution >= 0.6 is 0 Å². The molecule has 20 heavy (non-hydrogen) atoms. The molecule has 0 aromatic carbocycles. The Morgan fingerprint density at radius 2 is 1.70 bits per heavy atom. The molecule has 1 saturated carbocycles. The van der Waals surface area contributed by atoms with Crippen molar-refractivity contribution in [2.75, 3.05) is 6.54 Å². The van der Waals surface area contributed by atoms with Gasteiger partial charge in [-0.05, 0) is 32.6 Å². The van der Waals surface area contributed by atoms with Gasteiger partial charge >= 0.3 is 5.97 Å². The number of likely N-dealkylation sites (tertiary alicyclic amines) is 1. The lowest BCUT2D eigenvalue weighted by Gasteiger charge is -2.39. The predicted molar refractivity (Wildman–Crippen MR) is 68.4 cm³/mol. The molecule has 2 aliphatic rings. The third-order valence-electron chi connectivity index (χ3n) is 4.58. The second kappa shape index (κ2) is 5.66. The van der Waals surface area contributed by atoms with Crippen molar-refractivity contribution in [1.29, 1.82) is 0 Å². The molecular weight excluding hydrogens is 268 g/mol. The van der Waals surface area contributed by atoms with Crippen LogP contribution in [0.2, 0.25) is 0 Å². The zero-order valence-corrected chi connectivity index (χ0v) is 11.6. The molecule has 0 bridgehead atoms. The van der Waals surface area contributed by atoms with E-state index in [0.717, 1.165) is 0 Å². The first-order chi connectivity index (χ1) is 9.30. The summed E-state index contributed by atoms with van der Waals surface area (Å²) in [5.41, 5.74) is 0. The zero-order valence-electron chi connectivity index (χ0n) is 11.6. The molecule has 114 valence electrons. The summed E-state index contributed by atoms with van der Waals surface area (Å²) >= 11 is 0. The number of hydrogen-bond donors (Lipinski definition) is 1. The second-order valence-electron chi connectivity index (χ2n) is 6.08. The summed E-state index contributed by atoms with van der Waals surface area (Å²) in [7, 11) is 0. The van der Waals surface area contributed by atoms with E-state index in [1.807, 2.05) is 6.92 Å². The quantitative estimate of drug-likeness (QED) is 0.850. The summed E-state index contributed by atoms with van der Waals surface area (Å²) in [6, 6.07) is 0.000497. The predicted octanol–water partition coefficient (Wildman–Crippen LogP) is 2.52. The van der Waals surface area contributed by atoms with Crippen LogP contribution < -0.4 is 0 Å². The van der Waals surface area contributed by atoms with Gasteiger partial charge in [-0.3, -0.25) is 9.59 Å². The minimum absolute atomic E-state index is 0.000497. The van der Waals surface area contributed by atoms with Crippen molar-refractivity contribution in [2.24, 2.45) is 11.8 Å². The Kier molecular flexibility index (Phi) is 4.30. The van der Waals surface area contributed by atoms with Crippen molar-refractivity contribution in [1.82, 2.24) is 4.90 Å². The normalized spacial score (nSPS) is 31.1. The number of nitrogens with zero attached hydrogens (tertiary/aromatic N) is 1. The first-order valence-electron chi connectivity index (χ1n) is 7.21. The van der Waals surface area contributed by atoms with Gasteiger partial charge in [0.05, 0.1) is 5.92 Å². The van der Waals surface area contributed by atoms with Gasteiger partial charge in [0.1, 0.15) is 0 Å². The van der Waals surface area contributed by atoms with Gasteiger partial charge in [-0.1, -0.05) is 0 Å². The lowest BCUT2D eigenvalue weighted by Crippen LogP contribution is -2.50. The molecule has 2 rings (SSSR count). The maximum Gasteiger partial charge on any atom is 0.308 e. The Hall–Kier alpha value is -1.20. The third kappa shape index (κ3) is 3.27. The molecule has 1 aliphatic carbocycles. The van der Waals surface area contributed by atoms with Gasteiger partial charge in [0.2, 0.25) is 11.8 Å². The van der Waals surface area contributed by atoms with Crippen molar-refractivity contribution in [3.05, 3.63) is 0 Å². The summed E-state index contributed by atoms with van der Waals surface area (Å²) in [5.74, 6) is -4.57. The van der Waals surface area contributed by atoms with Crippen LogP contribution in [0.5, 0.6) is 0 Å². The standard InChI is InChI=1S/C14H21F2NO3/c1-9-2-3-11(13(19)20)8-17(9)12(18)10-4-6-14(15,16)7-5-10/h9-11H,2-8H2,1H3,(H,19,20). The number of rotatable bonds is 2. The smallest absolute Gasteiger partial charge is 0.308 e. The Bertz CT molecular complexity index is 390. The topological polar surface area (TPSA) is 57.6 Å². The summed E-state index contributed by atoms with van der Waals surface area (Å²) in [5, 5.41) is 9.07. The molecular formula is C14H21F2NO3. The minimum Gasteiger partial charge on any atom is -0.481 e. The van der Waals surface area contributed by atoms with Crippen molar-refractivity contribution in [3.63, 3.8) is 0 Å². The van der Waals surface area contributed by atoms with E-state index >= 15 is 0 Å². The highest BCUT2D eigenvalue weighted by Crippen LogP contribution is 2.37. The Labute approximate surface area is 117 Å². The van der Waals surface area contributed by atoms with Gasteiger partial charge in [0.15, 0.2) is 0 Å². The van der Waals surface area contributed by atoms with Crippen LogP contribution in [-0.4, -0.2) is 40.4 Å². The summed E-state index contributed by atoms with van der Waals surface area (Å²) in [4.78, 5) is 25.1. The van der Waals surface area contributed by atoms with Crippen molar-refractivity contribution >= 4 is 11.9 Å². The second-order valence-corrected chi connectivity index (χ2v) is 6.08. The molecule has 0 aromatic rings. The molecule has 2 fully saturated rings. The van der Waals surface area contributed by atoms with E-state index in [1.165, 1.54) is 0 Å². The Balaban J connectivity index is 1.98. The molecule has 1 N–H and O–H groups in total. The fourth-order valence-corrected chi connectivity index (χ4v) is 3.14. The Morgan fingerprint density at radius 3 is 2.25 bits per heavy atom. The fraction of sp³-hybridized carbons (Fsp3) is 0.857. The minimum atomic E-state index is -2.64. The van der Waals surface area contributed by atoms with E-state index < -0.39 is 17.8 Å². The van der Waals surface area contributed by atoms with Gasteiger partial charge in [0.25, 0.3) is 0 Å². The number of carbonyl (C=O) groups is 2. The molecule has 1 heterocycles. The third-order valence-corrected chi connectivity index (χ3v) is 4.58. The number of alkyl halides is 2. The van der Waals surface area contributed by atoms with Crippen LogP contribution in [0.25, 0.3) is 0 Å². The zero-order chi connectivity index (χ0) is 14.9. The molecule has 2 unspecified atom stereocenters. The highest BCUT2D eigenvalue weighted by Gasteiger charge is 2.41.